The molecule has 4 rings (SSSR count). The molecular formula is C20H26Ag4N10O10. The van der Waals surface area contributed by atoms with Gasteiger partial charge in [0, 0.05) is 12.4 Å². The van der Waals surface area contributed by atoms with Crippen molar-refractivity contribution >= 4 is 23.9 Å². The van der Waals surface area contributed by atoms with Crippen LogP contribution in [0, 0.1) is 0 Å². The van der Waals surface area contributed by atoms with Gasteiger partial charge in [-0.25, -0.2) is 9.59 Å². The van der Waals surface area contributed by atoms with Crippen LogP contribution in [0.4, 0.5) is 0 Å². The van der Waals surface area contributed by atoms with Crippen molar-refractivity contribution in [1.29, 1.82) is 0 Å². The van der Waals surface area contributed by atoms with Crippen molar-refractivity contribution in [3.63, 3.8) is 0 Å². The average molecular weight is 998 g/mol. The summed E-state index contributed by atoms with van der Waals surface area (Å²) in [4.78, 5) is 65.0. The number of rotatable bonds is 6. The van der Waals surface area contributed by atoms with Crippen LogP contribution in [0.3, 0.4) is 0 Å². The molecule has 0 aliphatic heterocycles. The number of hydrogen-bond donors (Lipinski definition) is 6. The monoisotopic (exact) mass is 994 g/mol. The molecule has 0 bridgehead atoms. The summed E-state index contributed by atoms with van der Waals surface area (Å²) in [5.74, 6) is -6.42. The summed E-state index contributed by atoms with van der Waals surface area (Å²) in [6, 6.07) is 9.70. The zero-order chi connectivity index (χ0) is 24.8. The fourth-order valence-electron chi connectivity index (χ4n) is 2.49. The standard InChI is InChI=1S/2C10H7N3O4.4Ag.4H3N.2H2O/c2*14-9(15)6-7(10(16)17)13-8(12-6)5-3-1-2-4-11-5;;;;;;;;;;/h2*1-4H,(H3,11,12,13,14,15,16,17);;;;;4*1H3;2*1H2/q;;4*+1;;;;;;/p-4. The normalized spacial score (nSPS) is 7.82. The number of hydrogen-bond acceptors (Lipinski definition) is 14. The number of carboxylic acid groups (broad SMARTS) is 4. The van der Waals surface area contributed by atoms with E-state index < -0.39 is 46.7 Å². The molecule has 0 unspecified atom stereocenters. The second-order valence-electron chi connectivity index (χ2n) is 6.10. The summed E-state index contributed by atoms with van der Waals surface area (Å²) in [5, 5.41) is 38.9. The zero-order valence-corrected chi connectivity index (χ0v) is 27.6. The number of carbonyl (C=O) groups is 4. The molecule has 4 aromatic rings. The quantitative estimate of drug-likeness (QED) is 0.107. The van der Waals surface area contributed by atoms with E-state index in [1.54, 1.807) is 36.4 Å². The molecule has 0 atom stereocenters. The Hall–Kier alpha value is -2.68. The molecule has 0 fully saturated rings. The van der Waals surface area contributed by atoms with Gasteiger partial charge in [-0.2, -0.15) is 0 Å². The predicted molar refractivity (Wildman–Crippen MR) is 131 cm³/mol. The maximum atomic E-state index is 10.8. The van der Waals surface area contributed by atoms with E-state index in [0.29, 0.717) is 11.4 Å². The minimum Gasteiger partial charge on any atom is -0.545 e. The summed E-state index contributed by atoms with van der Waals surface area (Å²) in [6.45, 7) is 0. The van der Waals surface area contributed by atoms with Gasteiger partial charge in [0.05, 0.1) is 34.7 Å². The Labute approximate surface area is 310 Å². The van der Waals surface area contributed by atoms with E-state index in [4.69, 9.17) is 10.2 Å². The molecule has 0 spiro atoms. The molecule has 24 heteroatoms. The first-order valence-electron chi connectivity index (χ1n) is 9.00. The number of aromatic nitrogens is 6. The van der Waals surface area contributed by atoms with Crippen LogP contribution in [-0.2, 0) is 89.5 Å². The first kappa shape index (κ1) is 60.5. The van der Waals surface area contributed by atoms with E-state index in [2.05, 4.69) is 29.9 Å². The number of carbonyl (C=O) groups excluding carboxylic acids is 2. The fourth-order valence-corrected chi connectivity index (χ4v) is 2.49. The topological polar surface area (TPSA) is 438 Å². The first-order chi connectivity index (χ1) is 16.2. The minimum absolute atomic E-state index is 0. The molecule has 0 radical (unpaired) electrons. The van der Waals surface area contributed by atoms with Crippen molar-refractivity contribution in [3.05, 3.63) is 71.6 Å². The maximum absolute atomic E-state index is 10.8. The average Bonchev–Trinajstić information content (AvgIpc) is 3.47. The number of pyridine rings is 2. The van der Waals surface area contributed by atoms with Crippen LogP contribution in [0.15, 0.2) is 48.8 Å². The van der Waals surface area contributed by atoms with E-state index in [1.807, 2.05) is 0 Å². The molecule has 0 aliphatic rings. The number of carboxylic acids is 4. The summed E-state index contributed by atoms with van der Waals surface area (Å²) in [7, 11) is 0. The first-order valence-corrected chi connectivity index (χ1v) is 9.00. The van der Waals surface area contributed by atoms with Crippen molar-refractivity contribution in [2.75, 3.05) is 0 Å². The van der Waals surface area contributed by atoms with Crippen LogP contribution < -0.4 is 44.8 Å². The van der Waals surface area contributed by atoms with Crippen LogP contribution in [0.2, 0.25) is 0 Å². The van der Waals surface area contributed by atoms with E-state index in [-0.39, 0.29) is 137 Å². The fraction of sp³-hybridized carbons (Fsp3) is 0. The Morgan fingerprint density at radius 2 is 0.886 bits per heavy atom. The summed E-state index contributed by atoms with van der Waals surface area (Å²) in [5.41, 5.74) is -2.10. The van der Waals surface area contributed by atoms with Crippen molar-refractivity contribution in [3.8, 4) is 23.0 Å². The molecule has 18 N–H and O–H groups in total. The van der Waals surface area contributed by atoms with Gasteiger partial charge in [0.15, 0.2) is 0 Å². The minimum atomic E-state index is -1.68. The molecule has 44 heavy (non-hydrogen) atoms. The summed E-state index contributed by atoms with van der Waals surface area (Å²) < 4.78 is 0. The molecule has 260 valence electrons. The number of nitrogens with zero attached hydrogens (tertiary/aromatic N) is 6. The van der Waals surface area contributed by atoms with E-state index >= 15 is 0 Å². The van der Waals surface area contributed by atoms with Gasteiger partial charge in [-0.05, 0) is 47.3 Å². The van der Waals surface area contributed by atoms with Gasteiger partial charge in [-0.1, -0.05) is 12.1 Å². The second-order valence-corrected chi connectivity index (χ2v) is 6.10. The zero-order valence-electron chi connectivity index (χ0n) is 21.7. The van der Waals surface area contributed by atoms with Gasteiger partial charge in [0.2, 0.25) is 0 Å². The third-order valence-electron chi connectivity index (χ3n) is 3.90. The van der Waals surface area contributed by atoms with Gasteiger partial charge in [0.1, 0.15) is 0 Å². The van der Waals surface area contributed by atoms with Crippen LogP contribution >= 0.6 is 0 Å². The molecule has 4 heterocycles. The Balaban J connectivity index is -0.0000000800. The van der Waals surface area contributed by atoms with E-state index in [0.717, 1.165) is 0 Å². The molecule has 0 saturated carbocycles. The van der Waals surface area contributed by atoms with Gasteiger partial charge in [0.25, 0.3) is 0 Å². The Morgan fingerprint density at radius 1 is 0.591 bits per heavy atom. The Morgan fingerprint density at radius 3 is 1.07 bits per heavy atom. The molecule has 0 amide bonds. The molecule has 20 nitrogen and oxygen atoms in total. The van der Waals surface area contributed by atoms with Crippen molar-refractivity contribution in [2.45, 2.75) is 0 Å². The van der Waals surface area contributed by atoms with Crippen molar-refractivity contribution in [2.24, 2.45) is 0 Å². The molecule has 4 aromatic heterocycles. The Kier molecular flexibility index (Phi) is 38.3. The van der Waals surface area contributed by atoms with E-state index in [1.165, 1.54) is 12.4 Å². The van der Waals surface area contributed by atoms with Gasteiger partial charge >= 0.3 is 101 Å². The predicted octanol–water partition coefficient (Wildman–Crippen LogP) is -2.69. The van der Waals surface area contributed by atoms with Crippen LogP contribution in [0.1, 0.15) is 42.0 Å². The Bertz CT molecular complexity index is 1230. The van der Waals surface area contributed by atoms with Crippen molar-refractivity contribution < 1.29 is 140 Å². The van der Waals surface area contributed by atoms with Gasteiger partial charge in [-0.15, -0.1) is 0 Å². The van der Waals surface area contributed by atoms with Gasteiger partial charge < -0.3 is 85.5 Å². The van der Waals surface area contributed by atoms with Crippen molar-refractivity contribution in [1.82, 2.24) is 54.5 Å². The molecular weight excluding hydrogens is 972 g/mol. The van der Waals surface area contributed by atoms with Crippen LogP contribution in [0.5, 0.6) is 0 Å². The smallest absolute Gasteiger partial charge is 0.545 e. The third kappa shape index (κ3) is 15.4. The van der Waals surface area contributed by atoms with Gasteiger partial charge in [-0.3, -0.25) is 9.97 Å². The largest absolute Gasteiger partial charge is 1.00 e. The molecule has 0 saturated heterocycles. The SMILES string of the molecule is N.N.N.N.O.O.O=C(O)c1nc(-c2ccccn2)[n-]c1C(=O)[O-].O=C(O)c1nc(-c2ccccn2)[n-]c1C(=O)[O-].[Ag+].[Ag+].[Ag+].[Ag+]. The number of imidazole rings is 2. The number of aromatic carboxylic acids is 4. The van der Waals surface area contributed by atoms with Crippen LogP contribution in [-0.4, -0.2) is 65.0 Å². The van der Waals surface area contributed by atoms with Crippen LogP contribution in [0.25, 0.3) is 23.0 Å². The molecule has 0 aromatic carbocycles. The maximum Gasteiger partial charge on any atom is 1.00 e. The second kappa shape index (κ2) is 27.8. The summed E-state index contributed by atoms with van der Waals surface area (Å²) >= 11 is 0. The molecule has 0 aliphatic carbocycles. The summed E-state index contributed by atoms with van der Waals surface area (Å²) in [6.07, 6.45) is 2.93. The third-order valence-corrected chi connectivity index (χ3v) is 3.90. The van der Waals surface area contributed by atoms with E-state index in [9.17, 15) is 29.4 Å².